The van der Waals surface area contributed by atoms with Crippen LogP contribution in [-0.2, 0) is 14.6 Å². The minimum atomic E-state index is -4.41. The maximum absolute atomic E-state index is 9.22. The summed E-state index contributed by atoms with van der Waals surface area (Å²) in [7, 11) is 0.428. The maximum atomic E-state index is 9.22. The van der Waals surface area contributed by atoms with Crippen LogP contribution < -0.4 is 4.90 Å². The Morgan fingerprint density at radius 3 is 2.32 bits per heavy atom. The van der Waals surface area contributed by atoms with Gasteiger partial charge in [0, 0.05) is 12.1 Å². The summed E-state index contributed by atoms with van der Waals surface area (Å²) in [6, 6.07) is 7.32. The zero-order valence-corrected chi connectivity index (χ0v) is 13.9. The van der Waals surface area contributed by atoms with Gasteiger partial charge in [0.2, 0.25) is 10.4 Å². The topological polar surface area (TPSA) is 98.8 Å². The molecule has 1 aromatic carbocycles. The number of rotatable bonds is 3. The lowest BCUT2D eigenvalue weighted by Gasteiger charge is -2.16. The molecule has 0 aromatic heterocycles. The van der Waals surface area contributed by atoms with E-state index in [9.17, 15) is 13.0 Å². The first-order chi connectivity index (χ1) is 10.2. The molecule has 10 heteroatoms. The molecular weight excluding hydrogens is 332 g/mol. The molecular formula is C12H17ClN4O4S. The smallest absolute Gasteiger partial charge is 0.284 e. The second kappa shape index (κ2) is 8.20. The first kappa shape index (κ1) is 18.5. The van der Waals surface area contributed by atoms with Gasteiger partial charge in [0.05, 0.1) is 26.0 Å². The van der Waals surface area contributed by atoms with Crippen molar-refractivity contribution < 1.29 is 22.1 Å². The average molecular weight is 349 g/mol. The number of hydrogen-bond acceptors (Lipinski definition) is 7. The van der Waals surface area contributed by atoms with E-state index in [1.54, 1.807) is 0 Å². The molecule has 2 atom stereocenters. The molecule has 0 aliphatic carbocycles. The van der Waals surface area contributed by atoms with Crippen molar-refractivity contribution in [3.8, 4) is 0 Å². The van der Waals surface area contributed by atoms with Crippen molar-refractivity contribution >= 4 is 27.7 Å². The molecule has 2 rings (SSSR count). The van der Waals surface area contributed by atoms with Crippen LogP contribution in [0.25, 0.3) is 0 Å². The fourth-order valence-corrected chi connectivity index (χ4v) is 1.65. The van der Waals surface area contributed by atoms with E-state index >= 15 is 0 Å². The third kappa shape index (κ3) is 6.50. The van der Waals surface area contributed by atoms with Crippen molar-refractivity contribution in [3.05, 3.63) is 41.7 Å². The first-order valence-electron chi connectivity index (χ1n) is 6.14. The summed E-state index contributed by atoms with van der Waals surface area (Å²) in [5.74, 6) is 0. The Balaban J connectivity index is 0.000000346. The van der Waals surface area contributed by atoms with Crippen LogP contribution in [-0.4, -0.2) is 45.4 Å². The van der Waals surface area contributed by atoms with Gasteiger partial charge in [0.15, 0.2) is 0 Å². The van der Waals surface area contributed by atoms with E-state index in [4.69, 9.17) is 11.6 Å². The van der Waals surface area contributed by atoms with Crippen molar-refractivity contribution in [2.45, 2.75) is 6.29 Å². The molecule has 1 aliphatic heterocycles. The highest BCUT2D eigenvalue weighted by atomic mass is 35.5. The van der Waals surface area contributed by atoms with Crippen molar-refractivity contribution in [3.63, 3.8) is 0 Å². The highest BCUT2D eigenvalue weighted by Gasteiger charge is 2.24. The molecule has 1 aliphatic rings. The van der Waals surface area contributed by atoms with Crippen LogP contribution in [0.3, 0.4) is 0 Å². The van der Waals surface area contributed by atoms with Gasteiger partial charge in [0.25, 0.3) is 6.29 Å². The summed E-state index contributed by atoms with van der Waals surface area (Å²) < 4.78 is 31.0. The zero-order valence-electron chi connectivity index (χ0n) is 12.3. The Bertz CT molecular complexity index is 621. The van der Waals surface area contributed by atoms with Gasteiger partial charge in [-0.05, 0) is 24.3 Å². The number of nitrogens with one attached hydrogen (secondary N) is 1. The van der Waals surface area contributed by atoms with E-state index < -0.39 is 10.4 Å². The van der Waals surface area contributed by atoms with Crippen molar-refractivity contribution in [2.75, 3.05) is 21.2 Å². The van der Waals surface area contributed by atoms with Crippen LogP contribution in [0.15, 0.2) is 46.9 Å². The molecule has 0 saturated heterocycles. The summed E-state index contributed by atoms with van der Waals surface area (Å²) in [5.41, 5.74) is 0.817. The Labute approximate surface area is 134 Å². The molecule has 0 fully saturated rings. The van der Waals surface area contributed by atoms with Gasteiger partial charge in [-0.15, -0.1) is 10.2 Å². The van der Waals surface area contributed by atoms with Crippen LogP contribution in [0.5, 0.6) is 0 Å². The number of halogens is 1. The maximum Gasteiger partial charge on any atom is 0.284 e. The lowest BCUT2D eigenvalue weighted by Crippen LogP contribution is -3.08. The molecule has 1 heterocycles. The van der Waals surface area contributed by atoms with Gasteiger partial charge in [-0.3, -0.25) is 9.08 Å². The monoisotopic (exact) mass is 348 g/mol. The Morgan fingerprint density at radius 2 is 1.91 bits per heavy atom. The van der Waals surface area contributed by atoms with Crippen LogP contribution in [0.4, 0.5) is 5.69 Å². The van der Waals surface area contributed by atoms with Crippen LogP contribution in [0.1, 0.15) is 0 Å². The molecule has 1 N–H and O–H groups in total. The SMILES string of the molecule is CN1C=C[NH+](C)C1N=Nc1ccc(Cl)cc1.COS(=O)(=O)[O-]. The van der Waals surface area contributed by atoms with Crippen LogP contribution >= 0.6 is 11.6 Å². The van der Waals surface area contributed by atoms with Gasteiger partial charge in [0.1, 0.15) is 6.20 Å². The second-order valence-electron chi connectivity index (χ2n) is 4.37. The van der Waals surface area contributed by atoms with Crippen molar-refractivity contribution in [1.29, 1.82) is 0 Å². The number of azo groups is 1. The predicted octanol–water partition coefficient (Wildman–Crippen LogP) is 0.732. The molecule has 0 spiro atoms. The zero-order chi connectivity index (χ0) is 16.8. The lowest BCUT2D eigenvalue weighted by atomic mass is 10.3. The minimum Gasteiger partial charge on any atom is -0.726 e. The number of nitrogens with zero attached hydrogens (tertiary/aromatic N) is 3. The molecule has 0 amide bonds. The molecule has 2 unspecified atom stereocenters. The molecule has 0 bridgehead atoms. The van der Waals surface area contributed by atoms with Gasteiger partial charge in [-0.2, -0.15) is 0 Å². The summed E-state index contributed by atoms with van der Waals surface area (Å²) in [5, 5.41) is 9.20. The largest absolute Gasteiger partial charge is 0.726 e. The summed E-state index contributed by atoms with van der Waals surface area (Å²) in [4.78, 5) is 3.22. The van der Waals surface area contributed by atoms with E-state index in [2.05, 4.69) is 14.4 Å². The molecule has 1 aromatic rings. The standard InChI is InChI=1S/C11H13ClN4.CH4O4S/c1-15-7-8-16(2)11(15)14-13-10-5-3-9(12)4-6-10;1-5-6(2,3)4/h3-8,11H,1-2H3;1H3,(H,2,3,4). The Hall–Kier alpha value is -1.52. The normalized spacial score (nSPS) is 21.0. The summed E-state index contributed by atoms with van der Waals surface area (Å²) in [6.07, 6.45) is 4.07. The predicted molar refractivity (Wildman–Crippen MR) is 80.3 cm³/mol. The van der Waals surface area contributed by atoms with Gasteiger partial charge >= 0.3 is 0 Å². The molecule has 8 nitrogen and oxygen atoms in total. The Kier molecular flexibility index (Phi) is 6.91. The van der Waals surface area contributed by atoms with E-state index in [1.807, 2.05) is 55.7 Å². The highest BCUT2D eigenvalue weighted by Crippen LogP contribution is 2.17. The van der Waals surface area contributed by atoms with E-state index in [0.29, 0.717) is 5.02 Å². The average Bonchev–Trinajstić information content (AvgIpc) is 2.78. The van der Waals surface area contributed by atoms with Crippen molar-refractivity contribution in [1.82, 2.24) is 4.90 Å². The van der Waals surface area contributed by atoms with Crippen LogP contribution in [0, 0.1) is 0 Å². The number of quaternary nitrogens is 1. The fraction of sp³-hybridized carbons (Fsp3) is 0.333. The lowest BCUT2D eigenvalue weighted by molar-refractivity contribution is -0.856. The second-order valence-corrected chi connectivity index (χ2v) is 5.95. The van der Waals surface area contributed by atoms with E-state index in [0.717, 1.165) is 12.8 Å². The third-order valence-electron chi connectivity index (χ3n) is 2.68. The molecule has 22 heavy (non-hydrogen) atoms. The van der Waals surface area contributed by atoms with Gasteiger partial charge in [-0.25, -0.2) is 8.42 Å². The fourth-order valence-electron chi connectivity index (χ4n) is 1.53. The first-order valence-corrected chi connectivity index (χ1v) is 7.85. The number of benzene rings is 1. The van der Waals surface area contributed by atoms with Crippen molar-refractivity contribution in [2.24, 2.45) is 10.2 Å². The molecule has 0 radical (unpaired) electrons. The number of hydrogen-bond donors (Lipinski definition) is 1. The van der Waals surface area contributed by atoms with Crippen LogP contribution in [0.2, 0.25) is 5.02 Å². The summed E-state index contributed by atoms with van der Waals surface area (Å²) in [6.45, 7) is 0. The van der Waals surface area contributed by atoms with Gasteiger partial charge in [-0.1, -0.05) is 11.6 Å². The van der Waals surface area contributed by atoms with Gasteiger partial charge < -0.3 is 9.45 Å². The molecule has 0 saturated carbocycles. The highest BCUT2D eigenvalue weighted by molar-refractivity contribution is 7.80. The Morgan fingerprint density at radius 1 is 1.36 bits per heavy atom. The summed E-state index contributed by atoms with van der Waals surface area (Å²) >= 11 is 5.79. The van der Waals surface area contributed by atoms with E-state index in [1.165, 1.54) is 4.90 Å². The quantitative estimate of drug-likeness (QED) is 0.493. The molecule has 122 valence electrons. The minimum absolute atomic E-state index is 0.0238. The van der Waals surface area contributed by atoms with E-state index in [-0.39, 0.29) is 6.29 Å². The third-order valence-corrected chi connectivity index (χ3v) is 3.34.